The van der Waals surface area contributed by atoms with Gasteiger partial charge in [0, 0.05) is 0 Å². The molecule has 14 heavy (non-hydrogen) atoms. The molecule has 2 heteroatoms. The Labute approximate surface area is 90.4 Å². The van der Waals surface area contributed by atoms with Gasteiger partial charge < -0.3 is 0 Å². The van der Waals surface area contributed by atoms with Crippen molar-refractivity contribution in [1.29, 1.82) is 0 Å². The molecule has 0 saturated carbocycles. The molecule has 0 heterocycles. The van der Waals surface area contributed by atoms with Crippen molar-refractivity contribution in [2.24, 2.45) is 0 Å². The van der Waals surface area contributed by atoms with Gasteiger partial charge in [0.05, 0.1) is 0 Å². The summed E-state index contributed by atoms with van der Waals surface area (Å²) in [5.41, 5.74) is 0. The molecule has 0 spiro atoms. The first-order valence-corrected chi connectivity index (χ1v) is 12.9. The Hall–Kier alpha value is -0.0513. The quantitative estimate of drug-likeness (QED) is 0.746. The van der Waals surface area contributed by atoms with Crippen molar-refractivity contribution < 1.29 is 4.39 Å². The summed E-state index contributed by atoms with van der Waals surface area (Å²) in [6.45, 7) is 6.69. The van der Waals surface area contributed by atoms with Crippen LogP contribution in [-0.2, 0) is 0 Å². The third kappa shape index (κ3) is 2.13. The van der Waals surface area contributed by atoms with Crippen LogP contribution in [0.25, 0.3) is 0 Å². The topological polar surface area (TPSA) is 0 Å². The van der Waals surface area contributed by atoms with E-state index in [-0.39, 0.29) is 5.82 Å². The van der Waals surface area contributed by atoms with E-state index in [1.54, 1.807) is 12.1 Å². The molecular formula is C12H19FSn. The van der Waals surface area contributed by atoms with Gasteiger partial charge in [-0.05, 0) is 0 Å². The van der Waals surface area contributed by atoms with Gasteiger partial charge in [0.1, 0.15) is 0 Å². The second-order valence-electron chi connectivity index (χ2n) is 3.82. The maximum absolute atomic E-state index is 13.7. The van der Waals surface area contributed by atoms with Crippen LogP contribution in [0.1, 0.15) is 20.8 Å². The average molecular weight is 301 g/mol. The van der Waals surface area contributed by atoms with Gasteiger partial charge in [-0.2, -0.15) is 0 Å². The van der Waals surface area contributed by atoms with Crippen LogP contribution in [0.5, 0.6) is 0 Å². The summed E-state index contributed by atoms with van der Waals surface area (Å²) < 4.78 is 18.4. The van der Waals surface area contributed by atoms with Gasteiger partial charge >= 0.3 is 90.5 Å². The Morgan fingerprint density at radius 1 is 1.00 bits per heavy atom. The molecule has 0 unspecified atom stereocenters. The van der Waals surface area contributed by atoms with Crippen LogP contribution in [0.3, 0.4) is 0 Å². The molecule has 0 aliphatic rings. The molecule has 1 rings (SSSR count). The minimum absolute atomic E-state index is 0.0360. The van der Waals surface area contributed by atoms with E-state index in [1.165, 1.54) is 13.3 Å². The fraction of sp³-hybridized carbons (Fsp3) is 0.500. The molecule has 1 aromatic rings. The average Bonchev–Trinajstić information content (AvgIpc) is 2.24. The van der Waals surface area contributed by atoms with E-state index in [1.807, 2.05) is 12.1 Å². The monoisotopic (exact) mass is 302 g/mol. The van der Waals surface area contributed by atoms with Crippen LogP contribution in [-0.4, -0.2) is 18.4 Å². The molecule has 0 nitrogen and oxygen atoms in total. The van der Waals surface area contributed by atoms with Gasteiger partial charge in [-0.25, -0.2) is 0 Å². The first kappa shape index (κ1) is 12.0. The molecule has 0 atom stereocenters. The third-order valence-corrected chi connectivity index (χ3v) is 19.5. The molecule has 0 aliphatic carbocycles. The van der Waals surface area contributed by atoms with Gasteiger partial charge in [0.15, 0.2) is 0 Å². The minimum atomic E-state index is -2.30. The van der Waals surface area contributed by atoms with Crippen molar-refractivity contribution in [3.8, 4) is 0 Å². The van der Waals surface area contributed by atoms with E-state index in [0.717, 1.165) is 3.58 Å². The van der Waals surface area contributed by atoms with Crippen LogP contribution in [0, 0.1) is 5.82 Å². The summed E-state index contributed by atoms with van der Waals surface area (Å²) in [7, 11) is 0. The zero-order valence-corrected chi connectivity index (χ0v) is 12.2. The second kappa shape index (κ2) is 5.15. The molecule has 0 radical (unpaired) electrons. The molecule has 0 bridgehead atoms. The Morgan fingerprint density at radius 2 is 1.50 bits per heavy atom. The molecular weight excluding hydrogens is 282 g/mol. The van der Waals surface area contributed by atoms with E-state index in [9.17, 15) is 4.39 Å². The van der Waals surface area contributed by atoms with Gasteiger partial charge in [-0.15, -0.1) is 0 Å². The Kier molecular flexibility index (Phi) is 4.42. The van der Waals surface area contributed by atoms with Crippen LogP contribution < -0.4 is 3.58 Å². The summed E-state index contributed by atoms with van der Waals surface area (Å²) in [5, 5.41) is 0. The zero-order chi connectivity index (χ0) is 10.6. The van der Waals surface area contributed by atoms with E-state index >= 15 is 0 Å². The number of hydrogen-bond acceptors (Lipinski definition) is 0. The molecule has 0 aliphatic heterocycles. The first-order chi connectivity index (χ1) is 6.70. The normalized spacial score (nSPS) is 11.7. The van der Waals surface area contributed by atoms with Crippen molar-refractivity contribution >= 4 is 22.0 Å². The summed E-state index contributed by atoms with van der Waals surface area (Å²) >= 11 is -2.30. The van der Waals surface area contributed by atoms with Crippen molar-refractivity contribution in [3.05, 3.63) is 30.1 Å². The van der Waals surface area contributed by atoms with Crippen molar-refractivity contribution in [1.82, 2.24) is 0 Å². The van der Waals surface area contributed by atoms with Crippen molar-refractivity contribution in [2.45, 2.75) is 34.1 Å². The van der Waals surface area contributed by atoms with Gasteiger partial charge in [0.25, 0.3) is 0 Å². The summed E-state index contributed by atoms with van der Waals surface area (Å²) in [6, 6.07) is 7.39. The first-order valence-electron chi connectivity index (χ1n) is 5.45. The number of rotatable bonds is 4. The van der Waals surface area contributed by atoms with E-state index in [0.29, 0.717) is 0 Å². The fourth-order valence-corrected chi connectivity index (χ4v) is 12.7. The Balaban J connectivity index is 3.17. The Morgan fingerprint density at radius 3 is 1.93 bits per heavy atom. The maximum atomic E-state index is 13.7. The molecule has 0 N–H and O–H groups in total. The van der Waals surface area contributed by atoms with Gasteiger partial charge in [0.2, 0.25) is 0 Å². The van der Waals surface area contributed by atoms with E-state index < -0.39 is 18.4 Å². The number of halogens is 1. The SMILES string of the molecule is C[CH2][Sn]([CH2]C)([CH2]C)[c]1ccccc1F. The predicted octanol–water partition coefficient (Wildman–Crippen LogP) is 3.54. The molecule has 0 saturated heterocycles. The third-order valence-electron chi connectivity index (χ3n) is 3.48. The molecule has 1 aromatic carbocycles. The van der Waals surface area contributed by atoms with Crippen molar-refractivity contribution in [3.63, 3.8) is 0 Å². The number of benzene rings is 1. The molecule has 0 fully saturated rings. The van der Waals surface area contributed by atoms with Gasteiger partial charge in [-0.1, -0.05) is 0 Å². The van der Waals surface area contributed by atoms with Crippen molar-refractivity contribution in [2.75, 3.05) is 0 Å². The number of hydrogen-bond donors (Lipinski definition) is 0. The summed E-state index contributed by atoms with van der Waals surface area (Å²) in [5.74, 6) is 0.0360. The molecule has 0 amide bonds. The Bertz CT molecular complexity index is 284. The van der Waals surface area contributed by atoms with Gasteiger partial charge in [-0.3, -0.25) is 0 Å². The summed E-state index contributed by atoms with van der Waals surface area (Å²) in [4.78, 5) is 0. The van der Waals surface area contributed by atoms with Crippen LogP contribution >= 0.6 is 0 Å². The fourth-order valence-electron chi connectivity index (χ4n) is 2.21. The standard InChI is InChI=1S/C6H4F.3C2H5.Sn/c7-6-4-2-1-3-5-6;3*1-2;/h1-4H;3*1H2,2H3;. The van der Waals surface area contributed by atoms with E-state index in [2.05, 4.69) is 20.8 Å². The van der Waals surface area contributed by atoms with Crippen LogP contribution in [0.4, 0.5) is 4.39 Å². The van der Waals surface area contributed by atoms with Crippen LogP contribution in [0.2, 0.25) is 13.3 Å². The molecule has 78 valence electrons. The van der Waals surface area contributed by atoms with Crippen LogP contribution in [0.15, 0.2) is 24.3 Å². The second-order valence-corrected chi connectivity index (χ2v) is 18.7. The molecule has 0 aromatic heterocycles. The van der Waals surface area contributed by atoms with E-state index in [4.69, 9.17) is 0 Å². The zero-order valence-electron chi connectivity index (χ0n) is 9.31. The summed E-state index contributed by atoms with van der Waals surface area (Å²) in [6.07, 6.45) is 0. The predicted molar refractivity (Wildman–Crippen MR) is 63.2 cm³/mol.